The van der Waals surface area contributed by atoms with E-state index in [0.29, 0.717) is 25.7 Å². The maximum Gasteiger partial charge on any atom is 0.472 e. The maximum atomic E-state index is 13.1. The van der Waals surface area contributed by atoms with Crippen LogP contribution in [0.2, 0.25) is 0 Å². The Labute approximate surface area is 556 Å². The summed E-state index contributed by atoms with van der Waals surface area (Å²) in [6.07, 6.45) is 56.2. The summed E-state index contributed by atoms with van der Waals surface area (Å²) in [5.74, 6) is -2.13. The van der Waals surface area contributed by atoms with E-state index in [1.807, 2.05) is 0 Å². The molecule has 0 bridgehead atoms. The van der Waals surface area contributed by atoms with Crippen LogP contribution in [0.4, 0.5) is 0 Å². The largest absolute Gasteiger partial charge is 0.472 e. The summed E-state index contributed by atoms with van der Waals surface area (Å²) in [4.78, 5) is 72.2. The number of unbranched alkanes of at least 4 members (excludes halogenated alkanes) is 47. The van der Waals surface area contributed by atoms with E-state index in [-0.39, 0.29) is 25.7 Å². The zero-order valence-corrected chi connectivity index (χ0v) is 60.6. The van der Waals surface area contributed by atoms with Gasteiger partial charge in [0.25, 0.3) is 0 Å². The summed E-state index contributed by atoms with van der Waals surface area (Å²) in [6, 6.07) is 0. The number of hydrogen-bond acceptors (Lipinski definition) is 15. The summed E-state index contributed by atoms with van der Waals surface area (Å²) in [5.41, 5.74) is 0. The first-order valence-corrected chi connectivity index (χ1v) is 40.8. The lowest BCUT2D eigenvalue weighted by Gasteiger charge is -2.21. The van der Waals surface area contributed by atoms with Crippen molar-refractivity contribution >= 4 is 39.5 Å². The smallest absolute Gasteiger partial charge is 0.462 e. The Morgan fingerprint density at radius 2 is 0.440 bits per heavy atom. The first kappa shape index (κ1) is 89.1. The zero-order chi connectivity index (χ0) is 66.8. The standard InChI is InChI=1S/C72H140O17P2/c1-5-9-13-17-20-23-25-27-29-31-32-33-34-35-36-38-40-42-44-47-51-55-59-72(77)89-68(63-83-70(75)57-53-49-46-43-41-39-37-30-28-26-24-21-18-14-10-6-2)65-87-91(80,81)85-61-66(73)60-84-90(78,79)86-64-67(62-82-69(74)56-52-48-16-12-8-4)88-71(76)58-54-50-45-22-19-15-11-7-3/h66-68,73H,5-65H2,1-4H3,(H,78,79)(H,80,81)/t66-,67+,68+/m0/s1. The molecule has 0 saturated heterocycles. The lowest BCUT2D eigenvalue weighted by atomic mass is 10.0. The van der Waals surface area contributed by atoms with Crippen molar-refractivity contribution in [1.29, 1.82) is 0 Å². The van der Waals surface area contributed by atoms with E-state index < -0.39 is 97.5 Å². The van der Waals surface area contributed by atoms with E-state index in [4.69, 9.17) is 37.0 Å². The van der Waals surface area contributed by atoms with E-state index in [9.17, 15) is 43.2 Å². The number of rotatable bonds is 73. The molecule has 5 atom stereocenters. The topological polar surface area (TPSA) is 237 Å². The van der Waals surface area contributed by atoms with E-state index in [0.717, 1.165) is 103 Å². The molecule has 0 aromatic rings. The summed E-state index contributed by atoms with van der Waals surface area (Å²) in [5, 5.41) is 10.5. The molecule has 0 rings (SSSR count). The van der Waals surface area contributed by atoms with Crippen molar-refractivity contribution in [3.63, 3.8) is 0 Å². The average molecular weight is 1340 g/mol. The number of phosphoric acid groups is 2. The summed E-state index contributed by atoms with van der Waals surface area (Å²) >= 11 is 0. The average Bonchev–Trinajstić information content (AvgIpc) is 3.74. The van der Waals surface area contributed by atoms with Crippen LogP contribution < -0.4 is 0 Å². The van der Waals surface area contributed by atoms with Crippen LogP contribution in [-0.2, 0) is 65.4 Å². The molecule has 17 nitrogen and oxygen atoms in total. The van der Waals surface area contributed by atoms with Crippen molar-refractivity contribution < 1.29 is 80.2 Å². The Bertz CT molecular complexity index is 1740. The molecule has 0 heterocycles. The minimum atomic E-state index is -4.95. The van der Waals surface area contributed by atoms with Crippen LogP contribution >= 0.6 is 15.6 Å². The second-order valence-corrected chi connectivity index (χ2v) is 28.9. The summed E-state index contributed by atoms with van der Waals surface area (Å²) in [7, 11) is -9.88. The van der Waals surface area contributed by atoms with Gasteiger partial charge in [-0.1, -0.05) is 329 Å². The molecule has 0 aliphatic rings. The Hall–Kier alpha value is -1.94. The lowest BCUT2D eigenvalue weighted by Crippen LogP contribution is -2.30. The fourth-order valence-corrected chi connectivity index (χ4v) is 12.6. The van der Waals surface area contributed by atoms with Crippen LogP contribution in [0.5, 0.6) is 0 Å². The van der Waals surface area contributed by atoms with Gasteiger partial charge in [0.15, 0.2) is 12.2 Å². The van der Waals surface area contributed by atoms with E-state index >= 15 is 0 Å². The molecule has 0 aliphatic carbocycles. The van der Waals surface area contributed by atoms with Crippen molar-refractivity contribution in [2.75, 3.05) is 39.6 Å². The Kier molecular flexibility index (Phi) is 65.2. The highest BCUT2D eigenvalue weighted by molar-refractivity contribution is 7.47. The molecule has 540 valence electrons. The SMILES string of the molecule is CCCCCCCCCCCCCCCCCCCCCCCCC(=O)O[C@H](COC(=O)CCCCCCCCCCCCCCCCCC)COP(=O)(O)OC[C@@H](O)COP(=O)(O)OC[C@@H](COC(=O)CCCCCCC)OC(=O)CCCCCCCCCC. The van der Waals surface area contributed by atoms with Crippen molar-refractivity contribution in [1.82, 2.24) is 0 Å². The Morgan fingerprint density at radius 1 is 0.264 bits per heavy atom. The molecule has 0 fully saturated rings. The van der Waals surface area contributed by atoms with E-state index in [2.05, 4.69) is 27.7 Å². The fourth-order valence-electron chi connectivity index (χ4n) is 11.0. The van der Waals surface area contributed by atoms with E-state index in [1.54, 1.807) is 0 Å². The third kappa shape index (κ3) is 66.5. The predicted molar refractivity (Wildman–Crippen MR) is 368 cm³/mol. The van der Waals surface area contributed by atoms with E-state index in [1.165, 1.54) is 199 Å². The fraction of sp³-hybridized carbons (Fsp3) is 0.944. The molecule has 0 aliphatic heterocycles. The molecular formula is C72H140O17P2. The molecule has 0 aromatic carbocycles. The number of carbonyl (C=O) groups excluding carboxylic acids is 4. The minimum absolute atomic E-state index is 0.105. The summed E-state index contributed by atoms with van der Waals surface area (Å²) < 4.78 is 68.0. The van der Waals surface area contributed by atoms with Crippen LogP contribution in [0.15, 0.2) is 0 Å². The van der Waals surface area contributed by atoms with Gasteiger partial charge in [-0.25, -0.2) is 9.13 Å². The third-order valence-electron chi connectivity index (χ3n) is 16.9. The van der Waals surface area contributed by atoms with Crippen LogP contribution in [0.1, 0.15) is 381 Å². The number of esters is 4. The van der Waals surface area contributed by atoms with Gasteiger partial charge in [-0.05, 0) is 25.7 Å². The Balaban J connectivity index is 5.07. The van der Waals surface area contributed by atoms with Gasteiger partial charge in [0.1, 0.15) is 19.3 Å². The molecule has 0 amide bonds. The number of aliphatic hydroxyl groups is 1. The van der Waals surface area contributed by atoms with Crippen molar-refractivity contribution in [3.05, 3.63) is 0 Å². The number of phosphoric ester groups is 2. The number of hydrogen-bond donors (Lipinski definition) is 3. The number of aliphatic hydroxyl groups excluding tert-OH is 1. The first-order valence-electron chi connectivity index (χ1n) is 37.8. The molecule has 0 spiro atoms. The van der Waals surface area contributed by atoms with Crippen molar-refractivity contribution in [3.8, 4) is 0 Å². The third-order valence-corrected chi connectivity index (χ3v) is 18.8. The molecule has 3 N–H and O–H groups in total. The van der Waals surface area contributed by atoms with Crippen molar-refractivity contribution in [2.24, 2.45) is 0 Å². The van der Waals surface area contributed by atoms with Crippen LogP contribution in [0.3, 0.4) is 0 Å². The molecule has 0 radical (unpaired) electrons. The minimum Gasteiger partial charge on any atom is -0.462 e. The molecule has 2 unspecified atom stereocenters. The van der Waals surface area contributed by atoms with Crippen LogP contribution in [0.25, 0.3) is 0 Å². The molecule has 19 heteroatoms. The van der Waals surface area contributed by atoms with Crippen LogP contribution in [-0.4, -0.2) is 96.7 Å². The van der Waals surface area contributed by atoms with Gasteiger partial charge in [-0.2, -0.15) is 0 Å². The number of carbonyl (C=O) groups is 4. The van der Waals surface area contributed by atoms with Gasteiger partial charge in [0, 0.05) is 25.7 Å². The van der Waals surface area contributed by atoms with Gasteiger partial charge in [0.05, 0.1) is 26.4 Å². The van der Waals surface area contributed by atoms with Crippen molar-refractivity contribution in [2.45, 2.75) is 399 Å². The highest BCUT2D eigenvalue weighted by atomic mass is 31.2. The predicted octanol–water partition coefficient (Wildman–Crippen LogP) is 21.1. The molecule has 91 heavy (non-hydrogen) atoms. The van der Waals surface area contributed by atoms with Gasteiger partial charge in [-0.15, -0.1) is 0 Å². The monoisotopic (exact) mass is 1340 g/mol. The lowest BCUT2D eigenvalue weighted by molar-refractivity contribution is -0.161. The quantitative estimate of drug-likeness (QED) is 0.0222. The van der Waals surface area contributed by atoms with Crippen LogP contribution in [0, 0.1) is 0 Å². The highest BCUT2D eigenvalue weighted by Crippen LogP contribution is 2.45. The number of ether oxygens (including phenoxy) is 4. The second kappa shape index (κ2) is 66.7. The second-order valence-electron chi connectivity index (χ2n) is 26.0. The van der Waals surface area contributed by atoms with Gasteiger partial charge < -0.3 is 33.8 Å². The Morgan fingerprint density at radius 3 is 0.648 bits per heavy atom. The zero-order valence-electron chi connectivity index (χ0n) is 58.8. The maximum absolute atomic E-state index is 13.1. The summed E-state index contributed by atoms with van der Waals surface area (Å²) in [6.45, 7) is 4.83. The van der Waals surface area contributed by atoms with Gasteiger partial charge in [-0.3, -0.25) is 37.3 Å². The molecular weight excluding hydrogens is 1200 g/mol. The molecule has 0 aromatic heterocycles. The first-order chi connectivity index (χ1) is 44.2. The normalized spacial score (nSPS) is 14.0. The molecule has 0 saturated carbocycles. The van der Waals surface area contributed by atoms with Gasteiger partial charge in [0.2, 0.25) is 0 Å². The van der Waals surface area contributed by atoms with Gasteiger partial charge >= 0.3 is 39.5 Å². The highest BCUT2D eigenvalue weighted by Gasteiger charge is 2.30.